The smallest absolute Gasteiger partial charge is 0.291 e. The first-order valence-electron chi connectivity index (χ1n) is 10.5. The molecule has 33 heavy (non-hydrogen) atoms. The molecule has 2 heterocycles. The maximum Gasteiger partial charge on any atom is 0.291 e. The molecule has 2 amide bonds. The number of benzene rings is 2. The predicted molar refractivity (Wildman–Crippen MR) is 126 cm³/mol. The largest absolute Gasteiger partial charge is 0.496 e. The van der Waals surface area contributed by atoms with E-state index >= 15 is 0 Å². The first-order valence-corrected chi connectivity index (χ1v) is 11.4. The van der Waals surface area contributed by atoms with Crippen molar-refractivity contribution < 1.29 is 23.8 Å². The van der Waals surface area contributed by atoms with E-state index in [1.54, 1.807) is 33.5 Å². The fourth-order valence-corrected chi connectivity index (χ4v) is 4.56. The van der Waals surface area contributed by atoms with Gasteiger partial charge in [0.25, 0.3) is 11.8 Å². The molecule has 0 N–H and O–H groups in total. The number of amides is 2. The van der Waals surface area contributed by atoms with Gasteiger partial charge in [0, 0.05) is 29.4 Å². The third-order valence-electron chi connectivity index (χ3n) is 5.39. The van der Waals surface area contributed by atoms with Crippen LogP contribution in [0.25, 0.3) is 10.9 Å². The predicted octanol–water partition coefficient (Wildman–Crippen LogP) is 3.64. The molecule has 0 saturated carbocycles. The van der Waals surface area contributed by atoms with E-state index in [0.717, 1.165) is 10.3 Å². The van der Waals surface area contributed by atoms with Gasteiger partial charge in [0.05, 0.1) is 32.6 Å². The van der Waals surface area contributed by atoms with Gasteiger partial charge in [0.2, 0.25) is 0 Å². The molecule has 8 nitrogen and oxygen atoms in total. The Morgan fingerprint density at radius 2 is 1.64 bits per heavy atom. The SMILES string of the molecule is COc1ccc(SCC(=O)N2CCCN2C(=O)c2cc(OC)c3ccccc3n2)cc1OC. The molecule has 1 aromatic heterocycles. The normalized spacial score (nSPS) is 13.3. The molecule has 0 atom stereocenters. The van der Waals surface area contributed by atoms with Crippen LogP contribution in [0.5, 0.6) is 17.2 Å². The molecule has 172 valence electrons. The zero-order valence-corrected chi connectivity index (χ0v) is 19.6. The average Bonchev–Trinajstić information content (AvgIpc) is 3.36. The first kappa shape index (κ1) is 22.7. The summed E-state index contributed by atoms with van der Waals surface area (Å²) in [7, 11) is 4.71. The number of methoxy groups -OCH3 is 3. The second kappa shape index (κ2) is 9.99. The second-order valence-electron chi connectivity index (χ2n) is 7.33. The monoisotopic (exact) mass is 467 g/mol. The third kappa shape index (κ3) is 4.68. The van der Waals surface area contributed by atoms with Crippen LogP contribution in [-0.2, 0) is 4.79 Å². The van der Waals surface area contributed by atoms with Crippen molar-refractivity contribution in [1.29, 1.82) is 0 Å². The molecular formula is C24H25N3O5S. The standard InChI is InChI=1S/C24H25N3O5S/c1-30-20-10-9-16(13-22(20)32-3)33-15-23(28)26-11-6-12-27(26)24(29)19-14-21(31-2)17-7-4-5-8-18(17)25-19/h4-5,7-10,13-14H,6,11-12,15H2,1-3H3. The lowest BCUT2D eigenvalue weighted by atomic mass is 10.1. The Morgan fingerprint density at radius 3 is 2.39 bits per heavy atom. The number of carbonyl (C=O) groups is 2. The van der Waals surface area contributed by atoms with Crippen LogP contribution in [0.2, 0.25) is 0 Å². The van der Waals surface area contributed by atoms with Crippen LogP contribution in [0, 0.1) is 0 Å². The van der Waals surface area contributed by atoms with Crippen LogP contribution in [0.15, 0.2) is 53.4 Å². The minimum Gasteiger partial charge on any atom is -0.496 e. The number of rotatable bonds is 7. The summed E-state index contributed by atoms with van der Waals surface area (Å²) in [5.74, 6) is 1.53. The van der Waals surface area contributed by atoms with E-state index in [2.05, 4.69) is 4.98 Å². The molecule has 0 aliphatic carbocycles. The van der Waals surface area contributed by atoms with Crippen LogP contribution in [0.1, 0.15) is 16.9 Å². The highest BCUT2D eigenvalue weighted by molar-refractivity contribution is 8.00. The van der Waals surface area contributed by atoms with E-state index in [0.29, 0.717) is 42.3 Å². The van der Waals surface area contributed by atoms with Gasteiger partial charge in [-0.25, -0.2) is 9.99 Å². The van der Waals surface area contributed by atoms with E-state index < -0.39 is 0 Å². The highest BCUT2D eigenvalue weighted by Crippen LogP contribution is 2.32. The Morgan fingerprint density at radius 1 is 0.909 bits per heavy atom. The lowest BCUT2D eigenvalue weighted by Gasteiger charge is -2.27. The molecule has 1 aliphatic heterocycles. The minimum absolute atomic E-state index is 0.145. The van der Waals surface area contributed by atoms with Gasteiger partial charge in [-0.1, -0.05) is 12.1 Å². The van der Waals surface area contributed by atoms with Gasteiger partial charge in [0.1, 0.15) is 11.4 Å². The first-order chi connectivity index (χ1) is 16.0. The topological polar surface area (TPSA) is 81.2 Å². The van der Waals surface area contributed by atoms with Crippen molar-refractivity contribution in [3.05, 3.63) is 54.2 Å². The Kier molecular flexibility index (Phi) is 6.88. The average molecular weight is 468 g/mol. The Bertz CT molecular complexity index is 1190. The third-order valence-corrected chi connectivity index (χ3v) is 6.37. The van der Waals surface area contributed by atoms with Gasteiger partial charge < -0.3 is 14.2 Å². The van der Waals surface area contributed by atoms with Gasteiger partial charge in [-0.05, 0) is 36.8 Å². The number of aromatic nitrogens is 1. The van der Waals surface area contributed by atoms with Crippen molar-refractivity contribution >= 4 is 34.5 Å². The zero-order valence-electron chi connectivity index (χ0n) is 18.7. The van der Waals surface area contributed by atoms with Crippen LogP contribution < -0.4 is 14.2 Å². The van der Waals surface area contributed by atoms with Gasteiger partial charge in [-0.15, -0.1) is 11.8 Å². The van der Waals surface area contributed by atoms with Gasteiger partial charge in [-0.2, -0.15) is 0 Å². The van der Waals surface area contributed by atoms with Crippen LogP contribution in [0.3, 0.4) is 0 Å². The number of ether oxygens (including phenoxy) is 3. The summed E-state index contributed by atoms with van der Waals surface area (Å²) < 4.78 is 16.0. The Hall–Kier alpha value is -3.46. The van der Waals surface area contributed by atoms with Crippen LogP contribution in [0.4, 0.5) is 0 Å². The van der Waals surface area contributed by atoms with Crippen LogP contribution in [-0.4, -0.2) is 67.0 Å². The molecular weight excluding hydrogens is 442 g/mol. The van der Waals surface area contributed by atoms with Crippen LogP contribution >= 0.6 is 11.8 Å². The van der Waals surface area contributed by atoms with Crippen molar-refractivity contribution in [2.24, 2.45) is 0 Å². The number of carbonyl (C=O) groups excluding carboxylic acids is 2. The second-order valence-corrected chi connectivity index (χ2v) is 8.38. The summed E-state index contributed by atoms with van der Waals surface area (Å²) in [6.45, 7) is 0.949. The number of hydrogen-bond acceptors (Lipinski definition) is 7. The zero-order chi connectivity index (χ0) is 23.4. The van der Waals surface area contributed by atoms with E-state index in [9.17, 15) is 9.59 Å². The fraction of sp³-hybridized carbons (Fsp3) is 0.292. The number of fused-ring (bicyclic) bond motifs is 1. The van der Waals surface area contributed by atoms with Crippen molar-refractivity contribution in [3.8, 4) is 17.2 Å². The minimum atomic E-state index is -0.319. The highest BCUT2D eigenvalue weighted by atomic mass is 32.2. The molecule has 4 rings (SSSR count). The molecule has 1 fully saturated rings. The molecule has 3 aromatic rings. The number of pyridine rings is 1. The molecule has 0 bridgehead atoms. The van der Waals surface area contributed by atoms with E-state index in [1.807, 2.05) is 36.4 Å². The number of thioether (sulfide) groups is 1. The van der Waals surface area contributed by atoms with E-state index in [4.69, 9.17) is 14.2 Å². The summed E-state index contributed by atoms with van der Waals surface area (Å²) >= 11 is 1.38. The van der Waals surface area contributed by atoms with Crippen molar-refractivity contribution in [3.63, 3.8) is 0 Å². The summed E-state index contributed by atoms with van der Waals surface area (Å²) in [6.07, 6.45) is 0.712. The van der Waals surface area contributed by atoms with Gasteiger partial charge in [-0.3, -0.25) is 14.6 Å². The summed E-state index contributed by atoms with van der Waals surface area (Å²) in [4.78, 5) is 31.7. The maximum atomic E-state index is 13.3. The Balaban J connectivity index is 1.49. The number of nitrogens with zero attached hydrogens (tertiary/aromatic N) is 3. The van der Waals surface area contributed by atoms with Crippen molar-refractivity contribution in [1.82, 2.24) is 15.0 Å². The molecule has 0 radical (unpaired) electrons. The van der Waals surface area contributed by atoms with Crippen molar-refractivity contribution in [2.75, 3.05) is 40.2 Å². The summed E-state index contributed by atoms with van der Waals surface area (Å²) in [5, 5.41) is 3.82. The summed E-state index contributed by atoms with van der Waals surface area (Å²) in [6, 6.07) is 14.6. The lowest BCUT2D eigenvalue weighted by Crippen LogP contribution is -2.45. The molecule has 0 unspecified atom stereocenters. The summed E-state index contributed by atoms with van der Waals surface area (Å²) in [5.41, 5.74) is 0.916. The Labute approximate surface area is 196 Å². The lowest BCUT2D eigenvalue weighted by molar-refractivity contribution is -0.137. The van der Waals surface area contributed by atoms with Gasteiger partial charge in [0.15, 0.2) is 11.5 Å². The number of hydrogen-bond donors (Lipinski definition) is 0. The molecule has 1 saturated heterocycles. The molecule has 0 spiro atoms. The maximum absolute atomic E-state index is 13.3. The van der Waals surface area contributed by atoms with Gasteiger partial charge >= 0.3 is 0 Å². The molecule has 9 heteroatoms. The van der Waals surface area contributed by atoms with Crippen molar-refractivity contribution in [2.45, 2.75) is 11.3 Å². The van der Waals surface area contributed by atoms with E-state index in [-0.39, 0.29) is 23.3 Å². The molecule has 1 aliphatic rings. The fourth-order valence-electron chi connectivity index (χ4n) is 3.76. The quantitative estimate of drug-likeness (QED) is 0.491. The molecule has 2 aromatic carbocycles. The number of hydrazine groups is 1. The number of para-hydroxylation sites is 1. The highest BCUT2D eigenvalue weighted by Gasteiger charge is 2.32. The van der Waals surface area contributed by atoms with E-state index in [1.165, 1.54) is 21.8 Å².